The number of halogens is 1. The van der Waals surface area contributed by atoms with Crippen LogP contribution in [0.1, 0.15) is 37.7 Å². The third-order valence-electron chi connectivity index (χ3n) is 4.87. The average Bonchev–Trinajstić information content (AvgIpc) is 2.92. The highest BCUT2D eigenvalue weighted by atomic mass is 35.5. The first kappa shape index (κ1) is 13.7. The maximum absolute atomic E-state index is 10.9. The molecule has 2 saturated carbocycles. The van der Waals surface area contributed by atoms with Crippen LogP contribution in [0.25, 0.3) is 0 Å². The van der Waals surface area contributed by atoms with E-state index in [0.717, 1.165) is 24.8 Å². The number of nitro groups is 1. The molecule has 5 heteroatoms. The van der Waals surface area contributed by atoms with Gasteiger partial charge >= 0.3 is 0 Å². The van der Waals surface area contributed by atoms with Crippen molar-refractivity contribution in [1.29, 1.82) is 0 Å². The zero-order valence-electron chi connectivity index (χ0n) is 11.5. The molecule has 2 fully saturated rings. The summed E-state index contributed by atoms with van der Waals surface area (Å²) in [5.74, 6) is 0.624. The van der Waals surface area contributed by atoms with Gasteiger partial charge in [0.25, 0.3) is 5.69 Å². The Balaban J connectivity index is 1.81. The van der Waals surface area contributed by atoms with Crippen LogP contribution in [0.5, 0.6) is 5.75 Å². The van der Waals surface area contributed by atoms with E-state index in [9.17, 15) is 10.1 Å². The van der Waals surface area contributed by atoms with Gasteiger partial charge in [0.05, 0.1) is 11.0 Å². The maximum Gasteiger partial charge on any atom is 0.273 e. The zero-order valence-corrected chi connectivity index (χ0v) is 12.2. The number of benzene rings is 1. The molecule has 108 valence electrons. The lowest BCUT2D eigenvalue weighted by Crippen LogP contribution is -2.55. The molecule has 4 nitrogen and oxygen atoms in total. The predicted molar refractivity (Wildman–Crippen MR) is 77.4 cm³/mol. The van der Waals surface area contributed by atoms with Crippen molar-refractivity contribution in [2.45, 2.75) is 50.5 Å². The minimum Gasteiger partial charge on any atom is -0.489 e. The molecule has 2 unspecified atom stereocenters. The van der Waals surface area contributed by atoms with Crippen LogP contribution in [0, 0.1) is 22.5 Å². The van der Waals surface area contributed by atoms with Crippen molar-refractivity contribution >= 4 is 17.3 Å². The van der Waals surface area contributed by atoms with Crippen LogP contribution in [-0.4, -0.2) is 16.4 Å². The van der Waals surface area contributed by atoms with Crippen molar-refractivity contribution in [2.75, 3.05) is 0 Å². The number of hydrogen-bond acceptors (Lipinski definition) is 3. The molecule has 2 aliphatic rings. The zero-order chi connectivity index (χ0) is 14.3. The lowest BCUT2D eigenvalue weighted by Gasteiger charge is -2.51. The fraction of sp³-hybridized carbons (Fsp3) is 0.600. The molecule has 2 aliphatic carbocycles. The largest absolute Gasteiger partial charge is 0.489 e. The minimum atomic E-state index is -0.386. The van der Waals surface area contributed by atoms with E-state index in [-0.39, 0.29) is 27.5 Å². The lowest BCUT2D eigenvalue weighted by molar-refractivity contribution is -0.385. The summed E-state index contributed by atoms with van der Waals surface area (Å²) in [6, 6.07) is 4.78. The molecule has 0 heterocycles. The first-order valence-corrected chi connectivity index (χ1v) is 7.52. The normalized spacial score (nSPS) is 27.3. The van der Waals surface area contributed by atoms with Gasteiger partial charge in [-0.3, -0.25) is 10.1 Å². The Morgan fingerprint density at radius 3 is 2.70 bits per heavy atom. The molecular formula is C15H18ClNO3. The summed E-state index contributed by atoms with van der Waals surface area (Å²) >= 11 is 6.41. The van der Waals surface area contributed by atoms with Crippen molar-refractivity contribution in [3.8, 4) is 5.75 Å². The van der Waals surface area contributed by atoms with Crippen LogP contribution in [0.15, 0.2) is 18.2 Å². The van der Waals surface area contributed by atoms with Gasteiger partial charge in [-0.15, -0.1) is 11.6 Å². The number of ether oxygens (including phenoxy) is 1. The Kier molecular flexibility index (Phi) is 3.36. The quantitative estimate of drug-likeness (QED) is 0.476. The maximum atomic E-state index is 10.9. The Morgan fingerprint density at radius 1 is 1.40 bits per heavy atom. The molecule has 0 bridgehead atoms. The topological polar surface area (TPSA) is 52.4 Å². The first-order valence-electron chi connectivity index (χ1n) is 7.09. The van der Waals surface area contributed by atoms with Crippen LogP contribution >= 0.6 is 11.6 Å². The molecule has 1 spiro atoms. The van der Waals surface area contributed by atoms with E-state index >= 15 is 0 Å². The van der Waals surface area contributed by atoms with Gasteiger partial charge in [0.1, 0.15) is 11.9 Å². The summed E-state index contributed by atoms with van der Waals surface area (Å²) in [5.41, 5.74) is 1.10. The van der Waals surface area contributed by atoms with E-state index in [1.807, 2.05) is 6.92 Å². The molecule has 0 saturated heterocycles. The highest BCUT2D eigenvalue weighted by molar-refractivity contribution is 6.21. The minimum absolute atomic E-state index is 0.0767. The fourth-order valence-corrected chi connectivity index (χ4v) is 4.04. The van der Waals surface area contributed by atoms with E-state index < -0.39 is 0 Å². The monoisotopic (exact) mass is 295 g/mol. The Labute approximate surface area is 123 Å². The van der Waals surface area contributed by atoms with E-state index in [1.165, 1.54) is 25.0 Å². The summed E-state index contributed by atoms with van der Waals surface area (Å²) in [7, 11) is 0. The molecule has 0 radical (unpaired) electrons. The average molecular weight is 296 g/mol. The summed E-state index contributed by atoms with van der Waals surface area (Å²) in [6.07, 6.45) is 5.57. The summed E-state index contributed by atoms with van der Waals surface area (Å²) in [4.78, 5) is 10.5. The van der Waals surface area contributed by atoms with E-state index in [1.54, 1.807) is 6.07 Å². The number of alkyl halides is 1. The molecule has 0 aromatic heterocycles. The van der Waals surface area contributed by atoms with Crippen molar-refractivity contribution in [1.82, 2.24) is 0 Å². The Morgan fingerprint density at radius 2 is 2.10 bits per heavy atom. The number of aryl methyl sites for hydroxylation is 1. The molecule has 20 heavy (non-hydrogen) atoms. The van der Waals surface area contributed by atoms with Gasteiger partial charge in [0.15, 0.2) is 0 Å². The first-order chi connectivity index (χ1) is 9.53. The van der Waals surface area contributed by atoms with Crippen molar-refractivity contribution in [2.24, 2.45) is 5.41 Å². The third-order valence-corrected chi connectivity index (χ3v) is 5.49. The van der Waals surface area contributed by atoms with E-state index in [4.69, 9.17) is 16.3 Å². The van der Waals surface area contributed by atoms with Crippen LogP contribution in [0.2, 0.25) is 0 Å². The molecule has 1 aromatic carbocycles. The van der Waals surface area contributed by atoms with Crippen LogP contribution in [0.3, 0.4) is 0 Å². The fourth-order valence-electron chi connectivity index (χ4n) is 3.52. The van der Waals surface area contributed by atoms with Gasteiger partial charge < -0.3 is 4.74 Å². The number of nitrogens with zero attached hydrogens (tertiary/aromatic N) is 1. The molecule has 0 aliphatic heterocycles. The van der Waals surface area contributed by atoms with E-state index in [2.05, 4.69) is 0 Å². The number of rotatable bonds is 3. The van der Waals surface area contributed by atoms with Crippen molar-refractivity contribution in [3.63, 3.8) is 0 Å². The van der Waals surface area contributed by atoms with Gasteiger partial charge in [0, 0.05) is 23.3 Å². The Bertz CT molecular complexity index is 540. The SMILES string of the molecule is Cc1ccc([N+](=O)[O-])cc1OC1CC(Cl)C12CCCC2. The third kappa shape index (κ3) is 2.06. The van der Waals surface area contributed by atoms with Crippen LogP contribution in [0.4, 0.5) is 5.69 Å². The smallest absolute Gasteiger partial charge is 0.273 e. The van der Waals surface area contributed by atoms with Gasteiger partial charge in [-0.05, 0) is 31.4 Å². The second kappa shape index (κ2) is 4.92. The standard InChI is InChI=1S/C15H18ClNO3/c1-10-4-5-11(17(18)19)8-12(10)20-14-9-13(16)15(14)6-2-3-7-15/h4-5,8,13-14H,2-3,6-7,9H2,1H3. The molecule has 2 atom stereocenters. The Hall–Kier alpha value is -1.29. The number of hydrogen-bond donors (Lipinski definition) is 0. The highest BCUT2D eigenvalue weighted by Crippen LogP contribution is 2.57. The molecule has 0 N–H and O–H groups in total. The summed E-state index contributed by atoms with van der Waals surface area (Å²) in [5, 5.41) is 11.1. The lowest BCUT2D eigenvalue weighted by atomic mass is 9.64. The summed E-state index contributed by atoms with van der Waals surface area (Å²) in [6.45, 7) is 1.91. The highest BCUT2D eigenvalue weighted by Gasteiger charge is 2.57. The van der Waals surface area contributed by atoms with Gasteiger partial charge in [-0.2, -0.15) is 0 Å². The van der Waals surface area contributed by atoms with Gasteiger partial charge in [-0.25, -0.2) is 0 Å². The number of non-ortho nitro benzene ring substituents is 1. The van der Waals surface area contributed by atoms with Crippen LogP contribution in [-0.2, 0) is 0 Å². The number of nitro benzene ring substituents is 1. The van der Waals surface area contributed by atoms with Crippen molar-refractivity contribution < 1.29 is 9.66 Å². The van der Waals surface area contributed by atoms with Crippen molar-refractivity contribution in [3.05, 3.63) is 33.9 Å². The van der Waals surface area contributed by atoms with Gasteiger partial charge in [-0.1, -0.05) is 12.8 Å². The van der Waals surface area contributed by atoms with Crippen LogP contribution < -0.4 is 4.74 Å². The molecule has 0 amide bonds. The van der Waals surface area contributed by atoms with Gasteiger partial charge in [0.2, 0.25) is 0 Å². The molecule has 3 rings (SSSR count). The molecular weight excluding hydrogens is 278 g/mol. The second-order valence-corrected chi connectivity index (χ2v) is 6.48. The summed E-state index contributed by atoms with van der Waals surface area (Å²) < 4.78 is 6.09. The predicted octanol–water partition coefficient (Wildman–Crippen LogP) is 4.22. The van der Waals surface area contributed by atoms with E-state index in [0.29, 0.717) is 5.75 Å². The second-order valence-electron chi connectivity index (χ2n) is 5.96. The molecule has 1 aromatic rings.